The van der Waals surface area contributed by atoms with Crippen molar-refractivity contribution in [1.29, 1.82) is 0 Å². The summed E-state index contributed by atoms with van der Waals surface area (Å²) in [5.74, 6) is -1.30. The van der Waals surface area contributed by atoms with Crippen LogP contribution in [0.4, 0.5) is 34.8 Å². The molecule has 1 amide bonds. The van der Waals surface area contributed by atoms with Gasteiger partial charge in [0.05, 0.1) is 24.1 Å². The van der Waals surface area contributed by atoms with Crippen LogP contribution in [0.3, 0.4) is 0 Å². The van der Waals surface area contributed by atoms with Gasteiger partial charge in [-0.05, 0) is 41.5 Å². The van der Waals surface area contributed by atoms with Crippen LogP contribution >= 0.6 is 0 Å². The fourth-order valence-electron chi connectivity index (χ4n) is 3.45. The van der Waals surface area contributed by atoms with E-state index in [4.69, 9.17) is 16.2 Å². The first-order valence-corrected chi connectivity index (χ1v) is 10.9. The largest absolute Gasteiger partial charge is 0.418 e. The highest BCUT2D eigenvalue weighted by atomic mass is 19.4. The molecule has 5 N–H and O–H groups in total. The predicted octanol–water partition coefficient (Wildman–Crippen LogP) is 5.52. The molecule has 1 heterocycles. The van der Waals surface area contributed by atoms with E-state index >= 15 is 0 Å². The van der Waals surface area contributed by atoms with Crippen LogP contribution in [0, 0.1) is 5.82 Å². The van der Waals surface area contributed by atoms with Gasteiger partial charge in [0.1, 0.15) is 5.82 Å². The maximum atomic E-state index is 14.4. The minimum atomic E-state index is -4.59. The highest BCUT2D eigenvalue weighted by Crippen LogP contribution is 2.36. The van der Waals surface area contributed by atoms with E-state index in [1.54, 1.807) is 6.07 Å². The minimum Gasteiger partial charge on any atom is -0.394 e. The van der Waals surface area contributed by atoms with Crippen molar-refractivity contribution in [3.63, 3.8) is 0 Å². The lowest BCUT2D eigenvalue weighted by Gasteiger charge is -2.21. The Hall–Kier alpha value is -4.51. The van der Waals surface area contributed by atoms with Gasteiger partial charge in [0.15, 0.2) is 17.7 Å². The molecule has 0 spiro atoms. The quantitative estimate of drug-likeness (QED) is 0.282. The van der Waals surface area contributed by atoms with E-state index in [2.05, 4.69) is 15.3 Å². The summed E-state index contributed by atoms with van der Waals surface area (Å²) in [5, 5.41) is 2.56. The van der Waals surface area contributed by atoms with Gasteiger partial charge >= 0.3 is 6.18 Å². The molecule has 11 heteroatoms. The van der Waals surface area contributed by atoms with Gasteiger partial charge in [-0.15, -0.1) is 0 Å². The highest BCUT2D eigenvalue weighted by Gasteiger charge is 2.41. The smallest absolute Gasteiger partial charge is 0.394 e. The monoisotopic (exact) mass is 511 g/mol. The summed E-state index contributed by atoms with van der Waals surface area (Å²) in [6, 6.07) is 17.1. The Morgan fingerprint density at radius 1 is 1.00 bits per heavy atom. The van der Waals surface area contributed by atoms with E-state index in [0.29, 0.717) is 16.8 Å². The third-order valence-corrected chi connectivity index (χ3v) is 5.35. The number of nitrogens with two attached hydrogens (primary N) is 2. The summed E-state index contributed by atoms with van der Waals surface area (Å²) < 4.78 is 60.0. The molecule has 0 radical (unpaired) electrons. The normalized spacial score (nSPS) is 12.2. The number of halogens is 4. The van der Waals surface area contributed by atoms with Crippen molar-refractivity contribution in [1.82, 2.24) is 9.97 Å². The van der Waals surface area contributed by atoms with Crippen molar-refractivity contribution >= 4 is 23.1 Å². The van der Waals surface area contributed by atoms with Gasteiger partial charge in [0.2, 0.25) is 0 Å². The summed E-state index contributed by atoms with van der Waals surface area (Å²) in [4.78, 5) is 20.8. The van der Waals surface area contributed by atoms with Crippen LogP contribution in [0.2, 0.25) is 0 Å². The van der Waals surface area contributed by atoms with E-state index < -0.39 is 24.0 Å². The molecule has 37 heavy (non-hydrogen) atoms. The molecule has 4 aromatic rings. The fourth-order valence-corrected chi connectivity index (χ4v) is 3.45. The van der Waals surface area contributed by atoms with Gasteiger partial charge in [-0.1, -0.05) is 42.5 Å². The Labute approximate surface area is 209 Å². The summed E-state index contributed by atoms with van der Waals surface area (Å²) in [6.07, 6.45) is -5.36. The number of anilines is 3. The number of hydrogen-bond donors (Lipinski definition) is 3. The Kier molecular flexibility index (Phi) is 7.35. The molecule has 7 nitrogen and oxygen atoms in total. The number of aromatic nitrogens is 2. The van der Waals surface area contributed by atoms with E-state index in [9.17, 15) is 22.4 Å². The van der Waals surface area contributed by atoms with Gasteiger partial charge in [0.25, 0.3) is 5.91 Å². The number of amides is 1. The van der Waals surface area contributed by atoms with E-state index in [1.807, 2.05) is 0 Å². The number of carbonyl (C=O) groups is 1. The maximum absolute atomic E-state index is 14.4. The second-order valence-corrected chi connectivity index (χ2v) is 8.02. The molecule has 0 fully saturated rings. The van der Waals surface area contributed by atoms with Crippen LogP contribution in [-0.2, 0) is 11.3 Å². The standard InChI is InChI=1S/C26H21F4N5O2/c27-20-11-8-17(24-33-13-21(31)23(32)35-24)12-19(20)25(36)34-18-9-6-15(7-10-18)14-37-22(26(28,29)30)16-4-2-1-3-5-16/h1-13,22H,14,31H2,(H,34,36)(H2,32,33,35). The van der Waals surface area contributed by atoms with Crippen LogP contribution < -0.4 is 16.8 Å². The molecule has 3 aromatic carbocycles. The van der Waals surface area contributed by atoms with Crippen molar-refractivity contribution in [2.45, 2.75) is 18.9 Å². The number of nitrogens with zero attached hydrogens (tertiary/aromatic N) is 2. The number of ether oxygens (including phenoxy) is 1. The van der Waals surface area contributed by atoms with Crippen LogP contribution in [-0.4, -0.2) is 22.1 Å². The number of carbonyl (C=O) groups excluding carboxylic acids is 1. The lowest BCUT2D eigenvalue weighted by molar-refractivity contribution is -0.227. The number of benzene rings is 3. The number of nitrogens with one attached hydrogen (secondary N) is 1. The number of hydrogen-bond acceptors (Lipinski definition) is 6. The van der Waals surface area contributed by atoms with Crippen molar-refractivity contribution < 1.29 is 27.1 Å². The number of nitrogen functional groups attached to an aromatic ring is 2. The molecule has 190 valence electrons. The van der Waals surface area contributed by atoms with Crippen LogP contribution in [0.25, 0.3) is 11.4 Å². The molecule has 1 aromatic heterocycles. The third-order valence-electron chi connectivity index (χ3n) is 5.35. The summed E-state index contributed by atoms with van der Waals surface area (Å²) >= 11 is 0. The average molecular weight is 511 g/mol. The maximum Gasteiger partial charge on any atom is 0.418 e. The molecule has 4 rings (SSSR count). The second kappa shape index (κ2) is 10.6. The molecule has 0 saturated carbocycles. The third kappa shape index (κ3) is 6.19. The van der Waals surface area contributed by atoms with Crippen molar-refractivity contribution in [2.75, 3.05) is 16.8 Å². The van der Waals surface area contributed by atoms with Crippen molar-refractivity contribution in [2.24, 2.45) is 0 Å². The highest BCUT2D eigenvalue weighted by molar-refractivity contribution is 6.05. The Morgan fingerprint density at radius 3 is 2.35 bits per heavy atom. The predicted molar refractivity (Wildman–Crippen MR) is 131 cm³/mol. The molecular formula is C26H21F4N5O2. The van der Waals surface area contributed by atoms with Gasteiger partial charge < -0.3 is 21.5 Å². The molecule has 1 unspecified atom stereocenters. The average Bonchev–Trinajstić information content (AvgIpc) is 2.87. The topological polar surface area (TPSA) is 116 Å². The van der Waals surface area contributed by atoms with E-state index in [-0.39, 0.29) is 35.1 Å². The first-order valence-electron chi connectivity index (χ1n) is 10.9. The summed E-state index contributed by atoms with van der Waals surface area (Å²) in [7, 11) is 0. The lowest BCUT2D eigenvalue weighted by atomic mass is 10.1. The lowest BCUT2D eigenvalue weighted by Crippen LogP contribution is -2.23. The fraction of sp³-hybridized carbons (Fsp3) is 0.115. The number of rotatable bonds is 7. The van der Waals surface area contributed by atoms with Gasteiger partial charge in [-0.25, -0.2) is 14.4 Å². The molecule has 0 aliphatic rings. The molecule has 0 saturated heterocycles. The minimum absolute atomic E-state index is 0.00445. The first kappa shape index (κ1) is 25.6. The Bertz CT molecular complexity index is 1400. The second-order valence-electron chi connectivity index (χ2n) is 8.02. The Balaban J connectivity index is 1.44. The summed E-state index contributed by atoms with van der Waals surface area (Å²) in [6.45, 7) is -0.311. The molecule has 0 bridgehead atoms. The zero-order valence-corrected chi connectivity index (χ0v) is 19.2. The molecular weight excluding hydrogens is 490 g/mol. The van der Waals surface area contributed by atoms with Crippen LogP contribution in [0.5, 0.6) is 0 Å². The zero-order chi connectivity index (χ0) is 26.6. The van der Waals surface area contributed by atoms with E-state index in [1.165, 1.54) is 66.9 Å². The zero-order valence-electron chi connectivity index (χ0n) is 19.2. The van der Waals surface area contributed by atoms with Crippen molar-refractivity contribution in [3.8, 4) is 11.4 Å². The molecule has 0 aliphatic carbocycles. The first-order chi connectivity index (χ1) is 17.6. The van der Waals surface area contributed by atoms with Crippen LogP contribution in [0.1, 0.15) is 27.6 Å². The molecule has 0 aliphatic heterocycles. The SMILES string of the molecule is Nc1cnc(-c2ccc(F)c(C(=O)Nc3ccc(COC(c4ccccc4)C(F)(F)F)cc3)c2)nc1N. The number of alkyl halides is 3. The van der Waals surface area contributed by atoms with Gasteiger partial charge in [-0.3, -0.25) is 4.79 Å². The summed E-state index contributed by atoms with van der Waals surface area (Å²) in [5.41, 5.74) is 12.3. The Morgan fingerprint density at radius 2 is 1.70 bits per heavy atom. The van der Waals surface area contributed by atoms with E-state index in [0.717, 1.165) is 6.07 Å². The molecule has 1 atom stereocenters. The van der Waals surface area contributed by atoms with Gasteiger partial charge in [-0.2, -0.15) is 13.2 Å². The van der Waals surface area contributed by atoms with Gasteiger partial charge in [0, 0.05) is 11.3 Å². The van der Waals surface area contributed by atoms with Crippen molar-refractivity contribution in [3.05, 3.63) is 102 Å². The van der Waals surface area contributed by atoms with Crippen LogP contribution in [0.15, 0.2) is 79.0 Å².